The lowest BCUT2D eigenvalue weighted by molar-refractivity contribution is 0.102. The Balaban J connectivity index is 1.87. The van der Waals surface area contributed by atoms with Crippen molar-refractivity contribution in [1.29, 1.82) is 0 Å². The highest BCUT2D eigenvalue weighted by Gasteiger charge is 2.18. The number of ether oxygens (including phenoxy) is 2. The summed E-state index contributed by atoms with van der Waals surface area (Å²) in [5, 5.41) is 3.26. The lowest BCUT2D eigenvalue weighted by Gasteiger charge is -2.20. The van der Waals surface area contributed by atoms with Crippen molar-refractivity contribution in [3.8, 4) is 11.5 Å². The van der Waals surface area contributed by atoms with Crippen LogP contribution in [0.3, 0.4) is 0 Å². The molecule has 0 spiro atoms. The number of halogens is 1. The van der Waals surface area contributed by atoms with Gasteiger partial charge in [0.2, 0.25) is 0 Å². The second-order valence-electron chi connectivity index (χ2n) is 4.76. The van der Waals surface area contributed by atoms with Crippen molar-refractivity contribution < 1.29 is 14.3 Å². The summed E-state index contributed by atoms with van der Waals surface area (Å²) in [6.07, 6.45) is 0. The van der Waals surface area contributed by atoms with E-state index in [9.17, 15) is 4.79 Å². The van der Waals surface area contributed by atoms with Gasteiger partial charge >= 0.3 is 0 Å². The number of hydrogen-bond acceptors (Lipinski definition) is 4. The minimum atomic E-state index is -0.171. The first-order valence-corrected chi connectivity index (χ1v) is 7.71. The summed E-state index contributed by atoms with van der Waals surface area (Å²) < 4.78 is 11.0. The Morgan fingerprint density at radius 1 is 1.19 bits per heavy atom. The highest BCUT2D eigenvalue weighted by Crippen LogP contribution is 2.38. The zero-order chi connectivity index (χ0) is 15.0. The van der Waals surface area contributed by atoms with Gasteiger partial charge in [-0.2, -0.15) is 0 Å². The average Bonchev–Trinajstić information content (AvgIpc) is 2.78. The Morgan fingerprint density at radius 3 is 2.48 bits per heavy atom. The molecule has 2 aromatic rings. The number of benzene rings is 1. The summed E-state index contributed by atoms with van der Waals surface area (Å²) in [6, 6.07) is 5.24. The molecule has 0 saturated heterocycles. The monoisotopic (exact) mass is 323 g/mol. The van der Waals surface area contributed by atoms with Crippen LogP contribution in [-0.2, 0) is 0 Å². The van der Waals surface area contributed by atoms with Gasteiger partial charge in [-0.05, 0) is 19.9 Å². The molecule has 0 radical (unpaired) electrons. The summed E-state index contributed by atoms with van der Waals surface area (Å²) in [4.78, 5) is 14.4. The van der Waals surface area contributed by atoms with E-state index in [0.717, 1.165) is 9.75 Å². The number of rotatable bonds is 2. The van der Waals surface area contributed by atoms with E-state index < -0.39 is 0 Å². The third-order valence-corrected chi connectivity index (χ3v) is 4.44. The van der Waals surface area contributed by atoms with Crippen LogP contribution in [0.4, 0.5) is 5.69 Å². The number of aryl methyl sites for hydroxylation is 2. The fraction of sp³-hybridized carbons (Fsp3) is 0.267. The van der Waals surface area contributed by atoms with Gasteiger partial charge in [-0.25, -0.2) is 0 Å². The first kappa shape index (κ1) is 14.2. The first-order valence-electron chi connectivity index (χ1n) is 6.52. The van der Waals surface area contributed by atoms with E-state index in [-0.39, 0.29) is 5.91 Å². The average molecular weight is 324 g/mol. The van der Waals surface area contributed by atoms with Gasteiger partial charge in [-0.1, -0.05) is 11.6 Å². The van der Waals surface area contributed by atoms with Gasteiger partial charge in [-0.15, -0.1) is 11.3 Å². The molecule has 0 atom stereocenters. The lowest BCUT2D eigenvalue weighted by atomic mass is 10.2. The zero-order valence-electron chi connectivity index (χ0n) is 11.7. The first-order chi connectivity index (χ1) is 10.0. The molecule has 4 nitrogen and oxygen atoms in total. The molecule has 0 fully saturated rings. The van der Waals surface area contributed by atoms with E-state index in [2.05, 4.69) is 5.32 Å². The van der Waals surface area contributed by atoms with Gasteiger partial charge in [0.05, 0.1) is 16.3 Å². The van der Waals surface area contributed by atoms with E-state index in [1.54, 1.807) is 23.5 Å². The maximum Gasteiger partial charge on any atom is 0.256 e. The normalized spacial score (nSPS) is 13.1. The highest BCUT2D eigenvalue weighted by molar-refractivity contribution is 7.12. The number of amides is 1. The van der Waals surface area contributed by atoms with Crippen LogP contribution in [0.5, 0.6) is 11.5 Å². The third-order valence-electron chi connectivity index (χ3n) is 3.17. The molecule has 0 unspecified atom stereocenters. The molecule has 6 heteroatoms. The molecular formula is C15H14ClNO3S. The second-order valence-corrected chi connectivity index (χ2v) is 6.62. The highest BCUT2D eigenvalue weighted by atomic mass is 35.5. The van der Waals surface area contributed by atoms with Crippen molar-refractivity contribution in [3.63, 3.8) is 0 Å². The van der Waals surface area contributed by atoms with Crippen LogP contribution in [0, 0.1) is 13.8 Å². The van der Waals surface area contributed by atoms with Crippen molar-refractivity contribution in [2.24, 2.45) is 0 Å². The van der Waals surface area contributed by atoms with E-state index in [4.69, 9.17) is 21.1 Å². The van der Waals surface area contributed by atoms with Crippen LogP contribution in [0.15, 0.2) is 18.2 Å². The standard InChI is InChI=1S/C15H14ClNO3S/c1-8-5-10(9(2)21-8)15(18)17-12-7-14-13(6-11(12)16)19-3-4-20-14/h5-7H,3-4H2,1-2H3,(H,17,18). The Morgan fingerprint density at radius 2 is 1.86 bits per heavy atom. The molecule has 1 aromatic heterocycles. The molecule has 0 aliphatic carbocycles. The predicted molar refractivity (Wildman–Crippen MR) is 84.2 cm³/mol. The summed E-state index contributed by atoms with van der Waals surface area (Å²) in [6.45, 7) is 4.90. The molecule has 1 aromatic carbocycles. The van der Waals surface area contributed by atoms with Crippen molar-refractivity contribution in [3.05, 3.63) is 38.5 Å². The number of carbonyl (C=O) groups is 1. The van der Waals surface area contributed by atoms with Crippen LogP contribution in [0.1, 0.15) is 20.1 Å². The third kappa shape index (κ3) is 2.84. The van der Waals surface area contributed by atoms with Crippen LogP contribution < -0.4 is 14.8 Å². The second kappa shape index (κ2) is 5.58. The molecule has 1 N–H and O–H groups in total. The van der Waals surface area contributed by atoms with Crippen molar-refractivity contribution >= 4 is 34.5 Å². The maximum atomic E-state index is 12.3. The predicted octanol–water partition coefficient (Wildman–Crippen LogP) is 4.04. The summed E-state index contributed by atoms with van der Waals surface area (Å²) >= 11 is 7.79. The smallest absolute Gasteiger partial charge is 0.256 e. The number of fused-ring (bicyclic) bond motifs is 1. The number of carbonyl (C=O) groups excluding carboxylic acids is 1. The molecule has 1 aliphatic heterocycles. The number of anilines is 1. The number of thiophene rings is 1. The van der Waals surface area contributed by atoms with Gasteiger partial charge in [0.15, 0.2) is 11.5 Å². The van der Waals surface area contributed by atoms with Crippen molar-refractivity contribution in [2.45, 2.75) is 13.8 Å². The van der Waals surface area contributed by atoms with Gasteiger partial charge < -0.3 is 14.8 Å². The van der Waals surface area contributed by atoms with Gasteiger partial charge in [0.25, 0.3) is 5.91 Å². The Labute approximate surface area is 131 Å². The topological polar surface area (TPSA) is 47.6 Å². The fourth-order valence-electron chi connectivity index (χ4n) is 2.21. The minimum Gasteiger partial charge on any atom is -0.486 e. The van der Waals surface area contributed by atoms with Crippen LogP contribution in [0.25, 0.3) is 0 Å². The number of nitrogens with one attached hydrogen (secondary N) is 1. The summed E-state index contributed by atoms with van der Waals surface area (Å²) in [7, 11) is 0. The Bertz CT molecular complexity index is 711. The van der Waals surface area contributed by atoms with Gasteiger partial charge in [0.1, 0.15) is 13.2 Å². The van der Waals surface area contributed by atoms with Crippen LogP contribution >= 0.6 is 22.9 Å². The lowest BCUT2D eigenvalue weighted by Crippen LogP contribution is -2.17. The van der Waals surface area contributed by atoms with E-state index in [0.29, 0.717) is 41.0 Å². The van der Waals surface area contributed by atoms with Crippen molar-refractivity contribution in [2.75, 3.05) is 18.5 Å². The zero-order valence-corrected chi connectivity index (χ0v) is 13.2. The number of hydrogen-bond donors (Lipinski definition) is 1. The largest absolute Gasteiger partial charge is 0.486 e. The maximum absolute atomic E-state index is 12.3. The Kier molecular flexibility index (Phi) is 3.78. The molecular weight excluding hydrogens is 310 g/mol. The van der Waals surface area contributed by atoms with E-state index in [1.165, 1.54) is 0 Å². The Hall–Kier alpha value is -1.72. The van der Waals surface area contributed by atoms with Crippen LogP contribution in [-0.4, -0.2) is 19.1 Å². The summed E-state index contributed by atoms with van der Waals surface area (Å²) in [5.74, 6) is 1.03. The van der Waals surface area contributed by atoms with Gasteiger partial charge in [-0.3, -0.25) is 4.79 Å². The quantitative estimate of drug-likeness (QED) is 0.907. The van der Waals surface area contributed by atoms with E-state index in [1.807, 2.05) is 19.9 Å². The molecule has 1 aliphatic rings. The summed E-state index contributed by atoms with van der Waals surface area (Å²) in [5.41, 5.74) is 1.19. The SMILES string of the molecule is Cc1cc(C(=O)Nc2cc3c(cc2Cl)OCCO3)c(C)s1. The molecule has 2 heterocycles. The molecule has 0 saturated carbocycles. The molecule has 1 amide bonds. The van der Waals surface area contributed by atoms with Gasteiger partial charge in [0, 0.05) is 21.9 Å². The molecule has 0 bridgehead atoms. The molecule has 110 valence electrons. The van der Waals surface area contributed by atoms with E-state index >= 15 is 0 Å². The molecule has 21 heavy (non-hydrogen) atoms. The fourth-order valence-corrected chi connectivity index (χ4v) is 3.33. The van der Waals surface area contributed by atoms with Crippen LogP contribution in [0.2, 0.25) is 5.02 Å². The molecule has 3 rings (SSSR count). The van der Waals surface area contributed by atoms with Crippen molar-refractivity contribution in [1.82, 2.24) is 0 Å². The minimum absolute atomic E-state index is 0.171.